The van der Waals surface area contributed by atoms with E-state index in [1.54, 1.807) is 4.90 Å². The number of nitrogens with zero attached hydrogens (tertiary/aromatic N) is 1. The third-order valence-electron chi connectivity index (χ3n) is 5.63. The number of nitrogen functional groups attached to an aromatic ring is 1. The summed E-state index contributed by atoms with van der Waals surface area (Å²) in [5.74, 6) is -1.20. The number of benzene rings is 3. The zero-order valence-corrected chi connectivity index (χ0v) is 15.0. The quantitative estimate of drug-likeness (QED) is 0.653. The van der Waals surface area contributed by atoms with Crippen molar-refractivity contribution in [1.29, 1.82) is 0 Å². The van der Waals surface area contributed by atoms with Crippen molar-refractivity contribution in [3.8, 4) is 0 Å². The van der Waals surface area contributed by atoms with Crippen LogP contribution in [0.25, 0.3) is 0 Å². The lowest BCUT2D eigenvalue weighted by molar-refractivity contribution is 0.387. The molecule has 1 aliphatic heterocycles. The number of piperidine rings is 1. The Hall–Kier alpha value is -2.88. The molecule has 0 bridgehead atoms. The van der Waals surface area contributed by atoms with E-state index in [0.717, 1.165) is 12.8 Å². The van der Waals surface area contributed by atoms with Crippen LogP contribution in [-0.2, 0) is 5.41 Å². The van der Waals surface area contributed by atoms with Crippen molar-refractivity contribution in [2.24, 2.45) is 0 Å². The van der Waals surface area contributed by atoms with Crippen molar-refractivity contribution in [1.82, 2.24) is 0 Å². The summed E-state index contributed by atoms with van der Waals surface area (Å²) in [7, 11) is 0. The van der Waals surface area contributed by atoms with E-state index in [-0.39, 0.29) is 16.8 Å². The number of hydrogen-bond donors (Lipinski definition) is 1. The van der Waals surface area contributed by atoms with Crippen molar-refractivity contribution < 1.29 is 8.78 Å². The van der Waals surface area contributed by atoms with Crippen molar-refractivity contribution in [2.75, 3.05) is 23.7 Å². The Morgan fingerprint density at radius 1 is 0.741 bits per heavy atom. The Bertz CT molecular complexity index is 853. The number of rotatable bonds is 3. The molecule has 0 saturated carbocycles. The van der Waals surface area contributed by atoms with Crippen molar-refractivity contribution in [3.05, 3.63) is 95.6 Å². The number of halogens is 2. The van der Waals surface area contributed by atoms with E-state index < -0.39 is 11.6 Å². The summed E-state index contributed by atoms with van der Waals surface area (Å²) < 4.78 is 28.7. The summed E-state index contributed by atoms with van der Waals surface area (Å²) in [5.41, 5.74) is 8.02. The number of anilines is 2. The average Bonchev–Trinajstić information content (AvgIpc) is 2.69. The minimum Gasteiger partial charge on any atom is -0.399 e. The Morgan fingerprint density at radius 2 is 1.19 bits per heavy atom. The van der Waals surface area contributed by atoms with E-state index in [1.165, 1.54) is 23.3 Å². The van der Waals surface area contributed by atoms with E-state index in [4.69, 9.17) is 5.73 Å². The molecule has 0 aromatic heterocycles. The maximum Gasteiger partial charge on any atom is 0.151 e. The molecule has 4 rings (SSSR count). The van der Waals surface area contributed by atoms with Crippen LogP contribution in [-0.4, -0.2) is 13.1 Å². The van der Waals surface area contributed by atoms with Crippen LogP contribution in [0.1, 0.15) is 24.0 Å². The summed E-state index contributed by atoms with van der Waals surface area (Å²) in [6.45, 7) is 1.14. The van der Waals surface area contributed by atoms with Crippen LogP contribution < -0.4 is 10.6 Å². The van der Waals surface area contributed by atoms with Gasteiger partial charge in [0.2, 0.25) is 0 Å². The minimum absolute atomic E-state index is 0.0268. The predicted octanol–water partition coefficient (Wildman–Crippen LogP) is 5.13. The van der Waals surface area contributed by atoms with Gasteiger partial charge in [0.15, 0.2) is 11.6 Å². The standard InChI is InChI=1S/C23H22F2N2/c24-20-15-19(26)16-21(25)22(20)27-13-11-23(12-14-27,17-7-3-1-4-8-17)18-9-5-2-6-10-18/h1-10,15-16H,11-14,26H2. The van der Waals surface area contributed by atoms with E-state index in [0.29, 0.717) is 13.1 Å². The van der Waals surface area contributed by atoms with Gasteiger partial charge in [-0.05, 0) is 36.1 Å². The molecule has 1 saturated heterocycles. The molecule has 1 aliphatic rings. The van der Waals surface area contributed by atoms with E-state index >= 15 is 0 Å². The van der Waals surface area contributed by atoms with Gasteiger partial charge in [-0.2, -0.15) is 0 Å². The van der Waals surface area contributed by atoms with E-state index in [9.17, 15) is 8.78 Å². The van der Waals surface area contributed by atoms with Crippen LogP contribution in [0.3, 0.4) is 0 Å². The lowest BCUT2D eigenvalue weighted by atomic mass is 9.68. The monoisotopic (exact) mass is 364 g/mol. The maximum atomic E-state index is 14.4. The second-order valence-corrected chi connectivity index (χ2v) is 7.13. The van der Waals surface area contributed by atoms with Crippen LogP contribution in [0.5, 0.6) is 0 Å². The van der Waals surface area contributed by atoms with Gasteiger partial charge in [-0.15, -0.1) is 0 Å². The van der Waals surface area contributed by atoms with Gasteiger partial charge in [0, 0.05) is 24.2 Å². The van der Waals surface area contributed by atoms with Crippen LogP contribution in [0.2, 0.25) is 0 Å². The van der Waals surface area contributed by atoms with Gasteiger partial charge in [-0.3, -0.25) is 0 Å². The Morgan fingerprint density at radius 3 is 1.63 bits per heavy atom. The zero-order chi connectivity index (χ0) is 18.9. The molecule has 0 amide bonds. The average molecular weight is 364 g/mol. The van der Waals surface area contributed by atoms with Crippen molar-refractivity contribution in [3.63, 3.8) is 0 Å². The SMILES string of the molecule is Nc1cc(F)c(N2CCC(c3ccccc3)(c3ccccc3)CC2)c(F)c1. The highest BCUT2D eigenvalue weighted by Gasteiger charge is 2.38. The largest absolute Gasteiger partial charge is 0.399 e. The molecule has 2 N–H and O–H groups in total. The van der Waals surface area contributed by atoms with Gasteiger partial charge in [0.1, 0.15) is 5.69 Å². The molecule has 0 spiro atoms. The normalized spacial score (nSPS) is 16.3. The molecule has 0 atom stereocenters. The smallest absolute Gasteiger partial charge is 0.151 e. The highest BCUT2D eigenvalue weighted by Crippen LogP contribution is 2.43. The fourth-order valence-electron chi connectivity index (χ4n) is 4.26. The molecule has 3 aromatic rings. The fraction of sp³-hybridized carbons (Fsp3) is 0.217. The molecular formula is C23H22F2N2. The van der Waals surface area contributed by atoms with E-state index in [1.807, 2.05) is 36.4 Å². The Kier molecular flexibility index (Phi) is 4.56. The summed E-state index contributed by atoms with van der Waals surface area (Å²) >= 11 is 0. The number of hydrogen-bond acceptors (Lipinski definition) is 2. The maximum absolute atomic E-state index is 14.4. The third kappa shape index (κ3) is 3.16. The second kappa shape index (κ2) is 7.03. The number of nitrogens with two attached hydrogens (primary N) is 1. The summed E-state index contributed by atoms with van der Waals surface area (Å²) in [5, 5.41) is 0. The first-order chi connectivity index (χ1) is 13.1. The Labute approximate surface area is 158 Å². The molecule has 138 valence electrons. The third-order valence-corrected chi connectivity index (χ3v) is 5.63. The lowest BCUT2D eigenvalue weighted by Gasteiger charge is -2.43. The van der Waals surface area contributed by atoms with Crippen molar-refractivity contribution >= 4 is 11.4 Å². The van der Waals surface area contributed by atoms with Gasteiger partial charge < -0.3 is 10.6 Å². The molecule has 0 radical (unpaired) electrons. The van der Waals surface area contributed by atoms with Gasteiger partial charge in [0.05, 0.1) is 0 Å². The summed E-state index contributed by atoms with van der Waals surface area (Å²) in [6.07, 6.45) is 1.56. The molecule has 27 heavy (non-hydrogen) atoms. The van der Waals surface area contributed by atoms with Gasteiger partial charge in [0.25, 0.3) is 0 Å². The minimum atomic E-state index is -0.598. The molecule has 3 aromatic carbocycles. The topological polar surface area (TPSA) is 29.3 Å². The zero-order valence-electron chi connectivity index (χ0n) is 15.0. The first-order valence-electron chi connectivity index (χ1n) is 9.21. The lowest BCUT2D eigenvalue weighted by Crippen LogP contribution is -2.44. The highest BCUT2D eigenvalue weighted by molar-refractivity contribution is 5.57. The summed E-state index contributed by atoms with van der Waals surface area (Å²) in [6, 6.07) is 23.2. The fourth-order valence-corrected chi connectivity index (χ4v) is 4.26. The molecule has 0 unspecified atom stereocenters. The first kappa shape index (κ1) is 17.5. The molecule has 2 nitrogen and oxygen atoms in total. The first-order valence-corrected chi connectivity index (χ1v) is 9.21. The molecule has 4 heteroatoms. The van der Waals surface area contributed by atoms with Crippen LogP contribution >= 0.6 is 0 Å². The molecule has 0 aliphatic carbocycles. The molecule has 1 fully saturated rings. The second-order valence-electron chi connectivity index (χ2n) is 7.13. The predicted molar refractivity (Wildman–Crippen MR) is 106 cm³/mol. The van der Waals surface area contributed by atoms with Gasteiger partial charge in [-0.1, -0.05) is 60.7 Å². The summed E-state index contributed by atoms with van der Waals surface area (Å²) in [4.78, 5) is 1.80. The van der Waals surface area contributed by atoms with Gasteiger partial charge >= 0.3 is 0 Å². The Balaban J connectivity index is 1.69. The van der Waals surface area contributed by atoms with Crippen LogP contribution in [0.4, 0.5) is 20.2 Å². The highest BCUT2D eigenvalue weighted by atomic mass is 19.1. The van der Waals surface area contributed by atoms with Crippen molar-refractivity contribution in [2.45, 2.75) is 18.3 Å². The van der Waals surface area contributed by atoms with Gasteiger partial charge in [-0.25, -0.2) is 8.78 Å². The molecule has 1 heterocycles. The van der Waals surface area contributed by atoms with E-state index in [2.05, 4.69) is 24.3 Å². The molecular weight excluding hydrogens is 342 g/mol. The van der Waals surface area contributed by atoms with Crippen LogP contribution in [0.15, 0.2) is 72.8 Å². The van der Waals surface area contributed by atoms with Crippen LogP contribution in [0, 0.1) is 11.6 Å².